The number of hydrogen-bond donors (Lipinski definition) is 1. The first-order valence-corrected chi connectivity index (χ1v) is 10.3. The van der Waals surface area contributed by atoms with Gasteiger partial charge in [-0.1, -0.05) is 17.7 Å². The molecule has 31 heavy (non-hydrogen) atoms. The Bertz CT molecular complexity index is 1180. The molecule has 1 aromatic heterocycles. The van der Waals surface area contributed by atoms with Crippen LogP contribution in [0.5, 0.6) is 5.75 Å². The van der Waals surface area contributed by atoms with Gasteiger partial charge in [-0.15, -0.1) is 0 Å². The summed E-state index contributed by atoms with van der Waals surface area (Å²) in [5, 5.41) is 12.0. The van der Waals surface area contributed by atoms with Gasteiger partial charge < -0.3 is 9.72 Å². The van der Waals surface area contributed by atoms with Crippen molar-refractivity contribution in [2.75, 3.05) is 13.2 Å². The number of aromatic nitrogens is 2. The molecule has 0 amide bonds. The second-order valence-corrected chi connectivity index (χ2v) is 7.74. The van der Waals surface area contributed by atoms with Crippen LogP contribution in [0.1, 0.15) is 23.7 Å². The summed E-state index contributed by atoms with van der Waals surface area (Å²) in [4.78, 5) is 33.3. The number of fused-ring (bicyclic) bond motifs is 1. The van der Waals surface area contributed by atoms with Crippen molar-refractivity contribution in [3.63, 3.8) is 0 Å². The number of nitro groups is 1. The maximum absolute atomic E-state index is 12.7. The van der Waals surface area contributed by atoms with Crippen molar-refractivity contribution in [2.45, 2.75) is 26.4 Å². The molecule has 9 heteroatoms. The number of ether oxygens (including phenoxy) is 1. The van der Waals surface area contributed by atoms with Gasteiger partial charge in [0.05, 0.1) is 22.8 Å². The molecule has 1 aliphatic heterocycles. The van der Waals surface area contributed by atoms with Crippen LogP contribution in [0.25, 0.3) is 11.4 Å². The largest absolute Gasteiger partial charge is 0.487 e. The van der Waals surface area contributed by atoms with Gasteiger partial charge in [-0.3, -0.25) is 19.8 Å². The summed E-state index contributed by atoms with van der Waals surface area (Å²) >= 11 is 5.94. The number of H-pyrrole nitrogens is 1. The van der Waals surface area contributed by atoms with E-state index < -0.39 is 4.92 Å². The Labute approximate surface area is 183 Å². The van der Waals surface area contributed by atoms with Crippen LogP contribution in [0, 0.1) is 10.1 Å². The molecular weight excluding hydrogens is 420 g/mol. The molecule has 0 saturated heterocycles. The normalized spacial score (nSPS) is 13.6. The smallest absolute Gasteiger partial charge is 0.311 e. The standard InChI is InChI=1S/C22H21ClN4O4/c1-2-31-20-8-3-14(11-19(20)27(29)30)12-26-10-9-18-17(13-26)22(28)25-21(24-18)15-4-6-16(23)7-5-15/h3-8,11H,2,9-10,12-13H2,1H3,(H,24,25,28). The first kappa shape index (κ1) is 21.0. The number of aromatic amines is 1. The third kappa shape index (κ3) is 4.60. The lowest BCUT2D eigenvalue weighted by molar-refractivity contribution is -0.385. The van der Waals surface area contributed by atoms with E-state index in [0.29, 0.717) is 49.1 Å². The van der Waals surface area contributed by atoms with E-state index >= 15 is 0 Å². The molecule has 0 unspecified atom stereocenters. The van der Waals surface area contributed by atoms with E-state index in [0.717, 1.165) is 16.8 Å². The Balaban J connectivity index is 1.54. The Kier molecular flexibility index (Phi) is 6.01. The lowest BCUT2D eigenvalue weighted by Gasteiger charge is -2.27. The summed E-state index contributed by atoms with van der Waals surface area (Å²) in [6.45, 7) is 3.76. The quantitative estimate of drug-likeness (QED) is 0.460. The van der Waals surface area contributed by atoms with Crippen LogP contribution in [0.3, 0.4) is 0 Å². The molecule has 4 rings (SSSR count). The Hall–Kier alpha value is -3.23. The molecule has 0 radical (unpaired) electrons. The number of nitrogens with one attached hydrogen (secondary N) is 1. The molecule has 160 valence electrons. The summed E-state index contributed by atoms with van der Waals surface area (Å²) in [5.74, 6) is 0.784. The van der Waals surface area contributed by atoms with Crippen LogP contribution in [-0.2, 0) is 19.5 Å². The van der Waals surface area contributed by atoms with Crippen molar-refractivity contribution in [1.29, 1.82) is 0 Å². The minimum Gasteiger partial charge on any atom is -0.487 e. The third-order valence-corrected chi connectivity index (χ3v) is 5.44. The van der Waals surface area contributed by atoms with Gasteiger partial charge in [-0.05, 0) is 42.8 Å². The highest BCUT2D eigenvalue weighted by Gasteiger charge is 2.23. The zero-order valence-electron chi connectivity index (χ0n) is 16.9. The molecule has 2 aromatic carbocycles. The van der Waals surface area contributed by atoms with Gasteiger partial charge in [0.2, 0.25) is 0 Å². The van der Waals surface area contributed by atoms with Gasteiger partial charge in [0.15, 0.2) is 5.75 Å². The molecule has 0 aliphatic carbocycles. The van der Waals surface area contributed by atoms with Crippen molar-refractivity contribution in [2.24, 2.45) is 0 Å². The lowest BCUT2D eigenvalue weighted by atomic mass is 10.0. The molecule has 1 aliphatic rings. The van der Waals surface area contributed by atoms with E-state index in [1.165, 1.54) is 6.07 Å². The number of benzene rings is 2. The number of nitrogens with zero attached hydrogens (tertiary/aromatic N) is 3. The molecule has 0 atom stereocenters. The molecule has 0 saturated carbocycles. The lowest BCUT2D eigenvalue weighted by Crippen LogP contribution is -2.35. The maximum atomic E-state index is 12.7. The number of halogens is 1. The molecule has 2 heterocycles. The summed E-state index contributed by atoms with van der Waals surface area (Å²) < 4.78 is 5.34. The average molecular weight is 441 g/mol. The number of rotatable bonds is 6. The van der Waals surface area contributed by atoms with Crippen molar-refractivity contribution in [3.05, 3.63) is 84.8 Å². The highest BCUT2D eigenvalue weighted by Crippen LogP contribution is 2.29. The van der Waals surface area contributed by atoms with Gasteiger partial charge in [-0.2, -0.15) is 0 Å². The summed E-state index contributed by atoms with van der Waals surface area (Å²) in [6, 6.07) is 12.1. The molecule has 0 fully saturated rings. The second kappa shape index (κ2) is 8.87. The molecule has 0 spiro atoms. The fraction of sp³-hybridized carbons (Fsp3) is 0.273. The molecule has 0 bridgehead atoms. The van der Waals surface area contributed by atoms with Crippen molar-refractivity contribution >= 4 is 17.3 Å². The topological polar surface area (TPSA) is 101 Å². The predicted octanol–water partition coefficient (Wildman–Crippen LogP) is 3.96. The van der Waals surface area contributed by atoms with Crippen molar-refractivity contribution in [1.82, 2.24) is 14.9 Å². The van der Waals surface area contributed by atoms with Crippen LogP contribution in [0.4, 0.5) is 5.69 Å². The fourth-order valence-corrected chi connectivity index (χ4v) is 3.83. The number of hydrogen-bond acceptors (Lipinski definition) is 6. The van der Waals surface area contributed by atoms with Gasteiger partial charge in [0.25, 0.3) is 5.56 Å². The Morgan fingerprint density at radius 3 is 2.74 bits per heavy atom. The summed E-state index contributed by atoms with van der Waals surface area (Å²) in [7, 11) is 0. The average Bonchev–Trinajstić information content (AvgIpc) is 2.75. The Morgan fingerprint density at radius 2 is 2.03 bits per heavy atom. The van der Waals surface area contributed by atoms with E-state index in [1.54, 1.807) is 25.1 Å². The summed E-state index contributed by atoms with van der Waals surface area (Å²) in [5.41, 5.74) is 2.78. The van der Waals surface area contributed by atoms with Crippen LogP contribution in [0.2, 0.25) is 5.02 Å². The minimum atomic E-state index is -0.438. The van der Waals surface area contributed by atoms with Gasteiger partial charge in [-0.25, -0.2) is 4.98 Å². The van der Waals surface area contributed by atoms with Gasteiger partial charge in [0.1, 0.15) is 5.82 Å². The van der Waals surface area contributed by atoms with Crippen LogP contribution in [-0.4, -0.2) is 32.9 Å². The monoisotopic (exact) mass is 440 g/mol. The van der Waals surface area contributed by atoms with E-state index in [9.17, 15) is 14.9 Å². The maximum Gasteiger partial charge on any atom is 0.311 e. The first-order chi connectivity index (χ1) is 14.9. The number of nitro benzene ring substituents is 1. The van der Waals surface area contributed by atoms with Crippen molar-refractivity contribution < 1.29 is 9.66 Å². The first-order valence-electron chi connectivity index (χ1n) is 9.95. The van der Waals surface area contributed by atoms with Crippen molar-refractivity contribution in [3.8, 4) is 17.1 Å². The van der Waals surface area contributed by atoms with E-state index in [-0.39, 0.29) is 17.0 Å². The van der Waals surface area contributed by atoms with Crippen LogP contribution >= 0.6 is 11.6 Å². The van der Waals surface area contributed by atoms with Crippen LogP contribution < -0.4 is 10.3 Å². The third-order valence-electron chi connectivity index (χ3n) is 5.19. The van der Waals surface area contributed by atoms with E-state index in [1.807, 2.05) is 18.2 Å². The van der Waals surface area contributed by atoms with Crippen LogP contribution in [0.15, 0.2) is 47.3 Å². The SMILES string of the molecule is CCOc1ccc(CN2CCc3nc(-c4ccc(Cl)cc4)[nH]c(=O)c3C2)cc1[N+](=O)[O-]. The highest BCUT2D eigenvalue weighted by atomic mass is 35.5. The fourth-order valence-electron chi connectivity index (χ4n) is 3.70. The zero-order valence-corrected chi connectivity index (χ0v) is 17.7. The molecule has 3 aromatic rings. The molecule has 8 nitrogen and oxygen atoms in total. The minimum absolute atomic E-state index is 0.0520. The molecular formula is C22H21ClN4O4. The predicted molar refractivity (Wildman–Crippen MR) is 117 cm³/mol. The van der Waals surface area contributed by atoms with Gasteiger partial charge >= 0.3 is 5.69 Å². The second-order valence-electron chi connectivity index (χ2n) is 7.30. The highest BCUT2D eigenvalue weighted by molar-refractivity contribution is 6.30. The summed E-state index contributed by atoms with van der Waals surface area (Å²) in [6.07, 6.45) is 0.624. The zero-order chi connectivity index (χ0) is 22.0. The van der Waals surface area contributed by atoms with Gasteiger partial charge in [0, 0.05) is 42.7 Å². The Morgan fingerprint density at radius 1 is 1.26 bits per heavy atom. The molecule has 1 N–H and O–H groups in total. The van der Waals surface area contributed by atoms with E-state index in [2.05, 4.69) is 14.9 Å². The van der Waals surface area contributed by atoms with E-state index in [4.69, 9.17) is 16.3 Å².